The van der Waals surface area contributed by atoms with Crippen LogP contribution in [0.3, 0.4) is 0 Å². The molecule has 7 heteroatoms. The largest absolute Gasteiger partial charge is 0.471 e. The predicted molar refractivity (Wildman–Crippen MR) is 72.0 cm³/mol. The first-order valence-corrected chi connectivity index (χ1v) is 6.62. The van der Waals surface area contributed by atoms with Crippen molar-refractivity contribution >= 4 is 11.6 Å². The maximum Gasteiger partial charge on any atom is 0.471 e. The lowest BCUT2D eigenvalue weighted by Crippen LogP contribution is -2.38. The second-order valence-corrected chi connectivity index (χ2v) is 4.92. The fraction of sp³-hybridized carbons (Fsp3) is 0.500. The van der Waals surface area contributed by atoms with Crippen molar-refractivity contribution in [1.29, 1.82) is 0 Å². The van der Waals surface area contributed by atoms with Gasteiger partial charge < -0.3 is 14.5 Å². The van der Waals surface area contributed by atoms with Gasteiger partial charge in [0, 0.05) is 32.4 Å². The van der Waals surface area contributed by atoms with Crippen molar-refractivity contribution in [3.05, 3.63) is 29.8 Å². The van der Waals surface area contributed by atoms with Crippen molar-refractivity contribution in [3.63, 3.8) is 0 Å². The Hall–Kier alpha value is -1.76. The summed E-state index contributed by atoms with van der Waals surface area (Å²) >= 11 is 0. The third kappa shape index (κ3) is 4.10. The predicted octanol–water partition coefficient (Wildman–Crippen LogP) is 2.04. The average Bonchev–Trinajstić information content (AvgIpc) is 2.47. The monoisotopic (exact) mass is 302 g/mol. The van der Waals surface area contributed by atoms with Gasteiger partial charge in [0.15, 0.2) is 0 Å². The summed E-state index contributed by atoms with van der Waals surface area (Å²) in [6, 6.07) is 7.19. The number of hydrogen-bond donors (Lipinski definition) is 0. The van der Waals surface area contributed by atoms with E-state index < -0.39 is 12.1 Å². The average molecular weight is 302 g/mol. The number of carbonyl (C=O) groups excluding carboxylic acids is 1. The molecule has 2 rings (SSSR count). The molecule has 116 valence electrons. The van der Waals surface area contributed by atoms with Crippen molar-refractivity contribution in [3.8, 4) is 0 Å². The number of amides is 1. The molecular formula is C14H17F3N2O2. The number of ether oxygens (including phenoxy) is 1. The Kier molecular flexibility index (Phi) is 4.72. The topological polar surface area (TPSA) is 32.8 Å². The van der Waals surface area contributed by atoms with Crippen LogP contribution in [0.2, 0.25) is 0 Å². The second-order valence-electron chi connectivity index (χ2n) is 4.92. The van der Waals surface area contributed by atoms with Crippen LogP contribution in [-0.4, -0.2) is 50.3 Å². The number of nitrogens with zero attached hydrogens (tertiary/aromatic N) is 2. The Balaban J connectivity index is 1.97. The fourth-order valence-electron chi connectivity index (χ4n) is 2.20. The molecule has 4 nitrogen and oxygen atoms in total. The number of morpholine rings is 1. The van der Waals surface area contributed by atoms with Crippen LogP contribution < -0.4 is 4.90 Å². The molecule has 1 aromatic rings. The molecule has 1 aliphatic rings. The summed E-state index contributed by atoms with van der Waals surface area (Å²) in [5, 5.41) is 0. The zero-order valence-electron chi connectivity index (χ0n) is 11.7. The Labute approximate surface area is 121 Å². The van der Waals surface area contributed by atoms with Crippen LogP contribution in [0.1, 0.15) is 5.56 Å². The van der Waals surface area contributed by atoms with E-state index >= 15 is 0 Å². The first-order chi connectivity index (χ1) is 9.88. The summed E-state index contributed by atoms with van der Waals surface area (Å²) < 4.78 is 42.2. The number of carbonyl (C=O) groups is 1. The molecular weight excluding hydrogens is 285 g/mol. The molecule has 1 saturated heterocycles. The van der Waals surface area contributed by atoms with Crippen LogP contribution in [0.15, 0.2) is 24.3 Å². The third-order valence-electron chi connectivity index (χ3n) is 3.32. The molecule has 1 heterocycles. The lowest BCUT2D eigenvalue weighted by molar-refractivity contribution is -0.184. The fourth-order valence-corrected chi connectivity index (χ4v) is 2.20. The first-order valence-electron chi connectivity index (χ1n) is 6.62. The second kappa shape index (κ2) is 6.34. The van der Waals surface area contributed by atoms with Gasteiger partial charge >= 0.3 is 12.1 Å². The molecule has 1 aromatic carbocycles. The van der Waals surface area contributed by atoms with E-state index in [9.17, 15) is 18.0 Å². The standard InChI is InChI=1S/C14H17F3N2O2/c1-18(13(20)14(15,16)17)10-11-2-4-12(5-3-11)19-6-8-21-9-7-19/h2-5H,6-10H2,1H3. The van der Waals surface area contributed by atoms with Gasteiger partial charge in [-0.1, -0.05) is 12.1 Å². The Morgan fingerprint density at radius 3 is 2.33 bits per heavy atom. The van der Waals surface area contributed by atoms with Gasteiger partial charge in [-0.15, -0.1) is 0 Å². The highest BCUT2D eigenvalue weighted by Crippen LogP contribution is 2.20. The molecule has 0 unspecified atom stereocenters. The molecule has 0 bridgehead atoms. The molecule has 0 aliphatic carbocycles. The number of alkyl halides is 3. The molecule has 1 amide bonds. The minimum atomic E-state index is -4.83. The number of hydrogen-bond acceptors (Lipinski definition) is 3. The van der Waals surface area contributed by atoms with Gasteiger partial charge in [-0.25, -0.2) is 0 Å². The van der Waals surface area contributed by atoms with E-state index in [0.29, 0.717) is 23.7 Å². The molecule has 1 fully saturated rings. The SMILES string of the molecule is CN(Cc1ccc(N2CCOCC2)cc1)C(=O)C(F)(F)F. The normalized spacial score (nSPS) is 15.9. The molecule has 0 aromatic heterocycles. The van der Waals surface area contributed by atoms with Crippen LogP contribution in [0.25, 0.3) is 0 Å². The lowest BCUT2D eigenvalue weighted by Gasteiger charge is -2.29. The summed E-state index contributed by atoms with van der Waals surface area (Å²) in [4.78, 5) is 13.9. The smallest absolute Gasteiger partial charge is 0.378 e. The molecule has 0 spiro atoms. The van der Waals surface area contributed by atoms with E-state index in [1.165, 1.54) is 0 Å². The summed E-state index contributed by atoms with van der Waals surface area (Å²) in [6.07, 6.45) is -4.83. The van der Waals surface area contributed by atoms with Gasteiger partial charge in [0.05, 0.1) is 13.2 Å². The van der Waals surface area contributed by atoms with Gasteiger partial charge in [0.2, 0.25) is 0 Å². The third-order valence-corrected chi connectivity index (χ3v) is 3.32. The van der Waals surface area contributed by atoms with Gasteiger partial charge in [-0.2, -0.15) is 13.2 Å². The minimum absolute atomic E-state index is 0.0677. The Morgan fingerprint density at radius 1 is 1.24 bits per heavy atom. The van der Waals surface area contributed by atoms with Crippen molar-refractivity contribution < 1.29 is 22.7 Å². The first kappa shape index (κ1) is 15.6. The maximum atomic E-state index is 12.3. The molecule has 21 heavy (non-hydrogen) atoms. The van der Waals surface area contributed by atoms with Crippen LogP contribution in [-0.2, 0) is 16.1 Å². The van der Waals surface area contributed by atoms with Crippen LogP contribution in [0.5, 0.6) is 0 Å². The molecule has 0 radical (unpaired) electrons. The summed E-state index contributed by atoms with van der Waals surface area (Å²) in [5.74, 6) is -1.83. The highest BCUT2D eigenvalue weighted by molar-refractivity contribution is 5.81. The summed E-state index contributed by atoms with van der Waals surface area (Å²) in [6.45, 7) is 2.87. The molecule has 0 N–H and O–H groups in total. The lowest BCUT2D eigenvalue weighted by atomic mass is 10.1. The van der Waals surface area contributed by atoms with Gasteiger partial charge in [-0.3, -0.25) is 4.79 Å². The Morgan fingerprint density at radius 2 is 1.81 bits per heavy atom. The number of rotatable bonds is 3. The highest BCUT2D eigenvalue weighted by Gasteiger charge is 2.41. The molecule has 0 atom stereocenters. The van der Waals surface area contributed by atoms with Crippen LogP contribution in [0.4, 0.5) is 18.9 Å². The van der Waals surface area contributed by atoms with E-state index in [-0.39, 0.29) is 6.54 Å². The summed E-state index contributed by atoms with van der Waals surface area (Å²) in [7, 11) is 1.14. The number of benzene rings is 1. The van der Waals surface area contributed by atoms with E-state index in [0.717, 1.165) is 25.8 Å². The molecule has 1 aliphatic heterocycles. The van der Waals surface area contributed by atoms with E-state index in [2.05, 4.69) is 4.90 Å². The number of anilines is 1. The number of halogens is 3. The quantitative estimate of drug-likeness (QED) is 0.856. The van der Waals surface area contributed by atoms with Crippen molar-refractivity contribution in [2.75, 3.05) is 38.3 Å². The van der Waals surface area contributed by atoms with E-state index in [1.54, 1.807) is 12.1 Å². The zero-order chi connectivity index (χ0) is 15.5. The summed E-state index contributed by atoms with van der Waals surface area (Å²) in [5.41, 5.74) is 1.67. The molecule has 0 saturated carbocycles. The van der Waals surface area contributed by atoms with Gasteiger partial charge in [-0.05, 0) is 17.7 Å². The van der Waals surface area contributed by atoms with E-state index in [4.69, 9.17) is 4.74 Å². The Bertz CT molecular complexity index is 482. The minimum Gasteiger partial charge on any atom is -0.378 e. The highest BCUT2D eigenvalue weighted by atomic mass is 19.4. The zero-order valence-corrected chi connectivity index (χ0v) is 11.7. The van der Waals surface area contributed by atoms with Crippen LogP contribution in [0, 0.1) is 0 Å². The van der Waals surface area contributed by atoms with E-state index in [1.807, 2.05) is 12.1 Å². The van der Waals surface area contributed by atoms with Crippen LogP contribution >= 0.6 is 0 Å². The van der Waals surface area contributed by atoms with Gasteiger partial charge in [0.25, 0.3) is 0 Å². The van der Waals surface area contributed by atoms with Crippen molar-refractivity contribution in [2.45, 2.75) is 12.7 Å². The maximum absolute atomic E-state index is 12.3. The van der Waals surface area contributed by atoms with Gasteiger partial charge in [0.1, 0.15) is 0 Å². The van der Waals surface area contributed by atoms with Crippen molar-refractivity contribution in [1.82, 2.24) is 4.90 Å². The van der Waals surface area contributed by atoms with Crippen molar-refractivity contribution in [2.24, 2.45) is 0 Å².